The average Bonchev–Trinajstić information content (AvgIpc) is 2.76. The number of hydrogen-bond donors (Lipinski definition) is 1. The highest BCUT2D eigenvalue weighted by Gasteiger charge is 2.16. The van der Waals surface area contributed by atoms with Crippen LogP contribution in [0.5, 0.6) is 0 Å². The second kappa shape index (κ2) is 5.74. The minimum Gasteiger partial charge on any atom is -0.378 e. The van der Waals surface area contributed by atoms with E-state index in [0.29, 0.717) is 45.2 Å². The van der Waals surface area contributed by atoms with Crippen molar-refractivity contribution < 1.29 is 9.53 Å². The molecular weight excluding hydrogens is 222 g/mol. The Balaban J connectivity index is 1.69. The lowest BCUT2D eigenvalue weighted by molar-refractivity contribution is -0.134. The summed E-state index contributed by atoms with van der Waals surface area (Å²) < 4.78 is 6.83. The summed E-state index contributed by atoms with van der Waals surface area (Å²) in [5.74, 6) is 0.798. The van der Waals surface area contributed by atoms with Crippen molar-refractivity contribution in [2.45, 2.75) is 6.54 Å². The highest BCUT2D eigenvalue weighted by atomic mass is 16.5. The van der Waals surface area contributed by atoms with Crippen LogP contribution in [0.4, 0.5) is 0 Å². The van der Waals surface area contributed by atoms with Gasteiger partial charge in [-0.2, -0.15) is 5.10 Å². The summed E-state index contributed by atoms with van der Waals surface area (Å²) >= 11 is 0. The molecule has 0 spiro atoms. The first-order chi connectivity index (χ1) is 8.25. The maximum atomic E-state index is 11.8. The zero-order chi connectivity index (χ0) is 12.1. The Labute approximate surface area is 99.8 Å². The van der Waals surface area contributed by atoms with E-state index < -0.39 is 0 Å². The van der Waals surface area contributed by atoms with Gasteiger partial charge >= 0.3 is 0 Å². The van der Waals surface area contributed by atoms with Crippen molar-refractivity contribution in [3.8, 4) is 0 Å². The molecule has 1 amide bonds. The van der Waals surface area contributed by atoms with E-state index in [1.165, 1.54) is 0 Å². The normalized spacial score (nSPS) is 16.2. The number of carbonyl (C=O) groups excluding carboxylic acids is 1. The number of nitrogens with one attached hydrogen (secondary N) is 1. The zero-order valence-electron chi connectivity index (χ0n) is 9.93. The SMILES string of the molecule is Cn1cnc(CNCC(=O)N2CCOCC2)n1. The number of ether oxygens (including phenoxy) is 1. The van der Waals surface area contributed by atoms with Crippen LogP contribution in [0.2, 0.25) is 0 Å². The summed E-state index contributed by atoms with van der Waals surface area (Å²) in [4.78, 5) is 17.6. The van der Waals surface area contributed by atoms with Crippen molar-refractivity contribution in [2.75, 3.05) is 32.8 Å². The number of hydrogen-bond acceptors (Lipinski definition) is 5. The van der Waals surface area contributed by atoms with Crippen LogP contribution in [-0.2, 0) is 23.1 Å². The molecule has 1 aromatic heterocycles. The lowest BCUT2D eigenvalue weighted by Gasteiger charge is -2.26. The molecule has 0 saturated carbocycles. The molecule has 94 valence electrons. The van der Waals surface area contributed by atoms with E-state index >= 15 is 0 Å². The lowest BCUT2D eigenvalue weighted by Crippen LogP contribution is -2.44. The highest BCUT2D eigenvalue weighted by molar-refractivity contribution is 5.78. The Morgan fingerprint density at radius 2 is 2.29 bits per heavy atom. The maximum absolute atomic E-state index is 11.8. The maximum Gasteiger partial charge on any atom is 0.236 e. The predicted octanol–water partition coefficient (Wildman–Crippen LogP) is -1.24. The van der Waals surface area contributed by atoms with E-state index in [-0.39, 0.29) is 5.91 Å². The van der Waals surface area contributed by atoms with E-state index in [1.54, 1.807) is 11.0 Å². The van der Waals surface area contributed by atoms with Crippen LogP contribution in [0.15, 0.2) is 6.33 Å². The fourth-order valence-corrected chi connectivity index (χ4v) is 1.67. The third kappa shape index (κ3) is 3.50. The van der Waals surface area contributed by atoms with Crippen LogP contribution >= 0.6 is 0 Å². The topological polar surface area (TPSA) is 72.3 Å². The fourth-order valence-electron chi connectivity index (χ4n) is 1.67. The summed E-state index contributed by atoms with van der Waals surface area (Å²) in [6.07, 6.45) is 1.64. The number of carbonyl (C=O) groups is 1. The number of nitrogens with zero attached hydrogens (tertiary/aromatic N) is 4. The number of morpholine rings is 1. The van der Waals surface area contributed by atoms with Gasteiger partial charge in [-0.1, -0.05) is 0 Å². The molecular formula is C10H17N5O2. The van der Waals surface area contributed by atoms with E-state index in [9.17, 15) is 4.79 Å². The Hall–Kier alpha value is -1.47. The van der Waals surface area contributed by atoms with E-state index in [2.05, 4.69) is 15.4 Å². The van der Waals surface area contributed by atoms with Gasteiger partial charge in [-0.25, -0.2) is 4.98 Å². The summed E-state index contributed by atoms with van der Waals surface area (Å²) in [6, 6.07) is 0. The molecule has 0 atom stereocenters. The van der Waals surface area contributed by atoms with Crippen LogP contribution in [0.25, 0.3) is 0 Å². The highest BCUT2D eigenvalue weighted by Crippen LogP contribution is 1.96. The van der Waals surface area contributed by atoms with Crippen molar-refractivity contribution in [1.29, 1.82) is 0 Å². The number of aryl methyl sites for hydroxylation is 1. The van der Waals surface area contributed by atoms with Crippen molar-refractivity contribution >= 4 is 5.91 Å². The van der Waals surface area contributed by atoms with Crippen LogP contribution < -0.4 is 5.32 Å². The van der Waals surface area contributed by atoms with E-state index in [0.717, 1.165) is 0 Å². The molecule has 17 heavy (non-hydrogen) atoms. The molecule has 1 aliphatic rings. The smallest absolute Gasteiger partial charge is 0.236 e. The van der Waals surface area contributed by atoms with Crippen molar-refractivity contribution in [1.82, 2.24) is 25.0 Å². The molecule has 0 unspecified atom stereocenters. The van der Waals surface area contributed by atoms with Crippen LogP contribution in [0, 0.1) is 0 Å². The van der Waals surface area contributed by atoms with Gasteiger partial charge < -0.3 is 15.0 Å². The molecule has 7 heteroatoms. The molecule has 7 nitrogen and oxygen atoms in total. The molecule has 2 heterocycles. The number of rotatable bonds is 4. The van der Waals surface area contributed by atoms with Gasteiger partial charge in [-0.3, -0.25) is 9.48 Å². The van der Waals surface area contributed by atoms with Crippen molar-refractivity contribution in [2.24, 2.45) is 7.05 Å². The largest absolute Gasteiger partial charge is 0.378 e. The molecule has 0 bridgehead atoms. The molecule has 2 rings (SSSR count). The minimum absolute atomic E-state index is 0.101. The first-order valence-corrected chi connectivity index (χ1v) is 5.66. The predicted molar refractivity (Wildman–Crippen MR) is 60.1 cm³/mol. The fraction of sp³-hybridized carbons (Fsp3) is 0.700. The first-order valence-electron chi connectivity index (χ1n) is 5.66. The third-order valence-corrected chi connectivity index (χ3v) is 2.57. The zero-order valence-corrected chi connectivity index (χ0v) is 9.93. The summed E-state index contributed by atoms with van der Waals surface area (Å²) in [7, 11) is 1.81. The summed E-state index contributed by atoms with van der Waals surface area (Å²) in [5, 5.41) is 7.16. The van der Waals surface area contributed by atoms with Crippen LogP contribution in [-0.4, -0.2) is 58.4 Å². The number of aromatic nitrogens is 3. The summed E-state index contributed by atoms with van der Waals surface area (Å²) in [5.41, 5.74) is 0. The molecule has 1 aromatic rings. The number of amides is 1. The van der Waals surface area contributed by atoms with Gasteiger partial charge in [0.1, 0.15) is 6.33 Å². The minimum atomic E-state index is 0.101. The third-order valence-electron chi connectivity index (χ3n) is 2.57. The molecule has 1 saturated heterocycles. The van der Waals surface area contributed by atoms with E-state index in [1.807, 2.05) is 11.9 Å². The van der Waals surface area contributed by atoms with E-state index in [4.69, 9.17) is 4.74 Å². The van der Waals surface area contributed by atoms with Gasteiger partial charge in [0.05, 0.1) is 26.3 Å². The van der Waals surface area contributed by atoms with Gasteiger partial charge in [-0.15, -0.1) is 0 Å². The van der Waals surface area contributed by atoms with Crippen molar-refractivity contribution in [3.63, 3.8) is 0 Å². The van der Waals surface area contributed by atoms with Gasteiger partial charge in [0.15, 0.2) is 5.82 Å². The molecule has 0 aliphatic carbocycles. The quantitative estimate of drug-likeness (QED) is 0.712. The molecule has 0 aromatic carbocycles. The Kier molecular flexibility index (Phi) is 4.05. The Bertz CT molecular complexity index is 373. The molecule has 1 N–H and O–H groups in total. The van der Waals surface area contributed by atoms with Gasteiger partial charge in [0, 0.05) is 20.1 Å². The Morgan fingerprint density at radius 1 is 1.53 bits per heavy atom. The first kappa shape index (κ1) is 12.0. The van der Waals surface area contributed by atoms with Crippen LogP contribution in [0.3, 0.4) is 0 Å². The van der Waals surface area contributed by atoms with Gasteiger partial charge in [0.25, 0.3) is 0 Å². The lowest BCUT2D eigenvalue weighted by atomic mass is 10.4. The van der Waals surface area contributed by atoms with Crippen LogP contribution in [0.1, 0.15) is 5.82 Å². The van der Waals surface area contributed by atoms with Gasteiger partial charge in [0.2, 0.25) is 5.91 Å². The Morgan fingerprint density at radius 3 is 2.94 bits per heavy atom. The second-order valence-corrected chi connectivity index (χ2v) is 3.93. The monoisotopic (exact) mass is 239 g/mol. The standard InChI is InChI=1S/C10H17N5O2/c1-14-8-12-9(13-14)6-11-7-10(16)15-2-4-17-5-3-15/h8,11H,2-7H2,1H3. The second-order valence-electron chi connectivity index (χ2n) is 3.93. The van der Waals surface area contributed by atoms with Crippen molar-refractivity contribution in [3.05, 3.63) is 12.2 Å². The van der Waals surface area contributed by atoms with Gasteiger partial charge in [-0.05, 0) is 0 Å². The molecule has 1 fully saturated rings. The average molecular weight is 239 g/mol. The molecule has 0 radical (unpaired) electrons. The molecule has 1 aliphatic heterocycles. The summed E-state index contributed by atoms with van der Waals surface area (Å²) in [6.45, 7) is 3.46.